The van der Waals surface area contributed by atoms with Gasteiger partial charge >= 0.3 is 0 Å². The minimum Gasteiger partial charge on any atom is -0.368 e. The van der Waals surface area contributed by atoms with Gasteiger partial charge in [-0.3, -0.25) is 4.18 Å². The Balaban J connectivity index is 1.71. The Hall–Kier alpha value is -2.07. The lowest BCUT2D eigenvalue weighted by molar-refractivity contribution is -0.164. The molecule has 8 heteroatoms. The normalized spacial score (nSPS) is 24.1. The lowest BCUT2D eigenvalue weighted by Gasteiger charge is -2.24. The molecular formula is C23H28O7S. The third kappa shape index (κ3) is 7.53. The number of ether oxygens (including phenoxy) is 4. The standard InChI is InChI=1S/C23H28O7S/c1-26-23-22(28-17-19-12-7-4-8-13-19)21(27-16-18-10-5-3-6-11-18)20(30-23)14-9-15-29-31(2,24)25/h3-14,20-23H,15-17H2,1-2H3/b14-9+/t20-,21-,22-,23-/m1/s1. The van der Waals surface area contributed by atoms with E-state index in [0.29, 0.717) is 13.2 Å². The molecule has 7 nitrogen and oxygen atoms in total. The molecule has 0 aliphatic carbocycles. The van der Waals surface area contributed by atoms with E-state index in [4.69, 9.17) is 23.1 Å². The highest BCUT2D eigenvalue weighted by Gasteiger charge is 2.45. The van der Waals surface area contributed by atoms with Gasteiger partial charge in [-0.25, -0.2) is 0 Å². The van der Waals surface area contributed by atoms with Crippen molar-refractivity contribution in [1.82, 2.24) is 0 Å². The Morgan fingerprint density at radius 1 is 0.903 bits per heavy atom. The molecule has 31 heavy (non-hydrogen) atoms. The van der Waals surface area contributed by atoms with Crippen LogP contribution in [0.5, 0.6) is 0 Å². The zero-order valence-corrected chi connectivity index (χ0v) is 18.4. The zero-order chi connectivity index (χ0) is 22.1. The Morgan fingerprint density at radius 2 is 1.45 bits per heavy atom. The van der Waals surface area contributed by atoms with Crippen LogP contribution in [0.25, 0.3) is 0 Å². The van der Waals surface area contributed by atoms with Crippen molar-refractivity contribution in [3.63, 3.8) is 0 Å². The predicted octanol–water partition coefficient (Wildman–Crippen LogP) is 3.06. The number of rotatable bonds is 11. The van der Waals surface area contributed by atoms with E-state index in [1.165, 1.54) is 0 Å². The first kappa shape index (κ1) is 23.6. The highest BCUT2D eigenvalue weighted by molar-refractivity contribution is 7.85. The van der Waals surface area contributed by atoms with Crippen LogP contribution < -0.4 is 0 Å². The van der Waals surface area contributed by atoms with Crippen molar-refractivity contribution in [2.45, 2.75) is 37.8 Å². The molecule has 0 unspecified atom stereocenters. The first-order valence-corrected chi connectivity index (χ1v) is 11.8. The molecule has 0 amide bonds. The Bertz CT molecular complexity index is 915. The van der Waals surface area contributed by atoms with Gasteiger partial charge in [-0.1, -0.05) is 72.8 Å². The van der Waals surface area contributed by atoms with E-state index in [1.807, 2.05) is 60.7 Å². The molecule has 168 valence electrons. The molecule has 2 aromatic carbocycles. The molecule has 1 aliphatic rings. The summed E-state index contributed by atoms with van der Waals surface area (Å²) >= 11 is 0. The summed E-state index contributed by atoms with van der Waals surface area (Å²) in [6.07, 6.45) is 2.28. The van der Waals surface area contributed by atoms with Crippen LogP contribution in [0, 0.1) is 0 Å². The van der Waals surface area contributed by atoms with Crippen LogP contribution in [0.1, 0.15) is 11.1 Å². The van der Waals surface area contributed by atoms with E-state index in [1.54, 1.807) is 19.3 Å². The van der Waals surface area contributed by atoms with Crippen molar-refractivity contribution in [1.29, 1.82) is 0 Å². The van der Waals surface area contributed by atoms with Gasteiger partial charge in [0.2, 0.25) is 0 Å². The van der Waals surface area contributed by atoms with Crippen LogP contribution in [-0.4, -0.2) is 53.0 Å². The van der Waals surface area contributed by atoms with Crippen molar-refractivity contribution in [2.24, 2.45) is 0 Å². The quantitative estimate of drug-likeness (QED) is 0.386. The molecule has 0 radical (unpaired) electrons. The fourth-order valence-electron chi connectivity index (χ4n) is 3.25. The van der Waals surface area contributed by atoms with E-state index in [9.17, 15) is 8.42 Å². The van der Waals surface area contributed by atoms with Gasteiger partial charge in [-0.2, -0.15) is 8.42 Å². The molecule has 2 aromatic rings. The lowest BCUT2D eigenvalue weighted by atomic mass is 10.1. The second-order valence-electron chi connectivity index (χ2n) is 7.14. The summed E-state index contributed by atoms with van der Waals surface area (Å²) in [6, 6.07) is 19.6. The smallest absolute Gasteiger partial charge is 0.264 e. The average molecular weight is 449 g/mol. The maximum absolute atomic E-state index is 11.2. The second kappa shape index (κ2) is 11.5. The summed E-state index contributed by atoms with van der Waals surface area (Å²) in [5.74, 6) is 0. The molecule has 1 saturated heterocycles. The van der Waals surface area contributed by atoms with Crippen molar-refractivity contribution in [2.75, 3.05) is 20.0 Å². The van der Waals surface area contributed by atoms with Gasteiger partial charge in [0.15, 0.2) is 6.29 Å². The Kier molecular flexibility index (Phi) is 8.77. The van der Waals surface area contributed by atoms with Gasteiger partial charge < -0.3 is 18.9 Å². The van der Waals surface area contributed by atoms with Crippen LogP contribution in [0.3, 0.4) is 0 Å². The second-order valence-corrected chi connectivity index (χ2v) is 8.79. The maximum atomic E-state index is 11.2. The van der Waals surface area contributed by atoms with Crippen LogP contribution in [0.4, 0.5) is 0 Å². The molecule has 0 spiro atoms. The molecule has 0 bridgehead atoms. The van der Waals surface area contributed by atoms with Gasteiger partial charge in [0.05, 0.1) is 26.1 Å². The minimum absolute atomic E-state index is 0.0860. The largest absolute Gasteiger partial charge is 0.368 e. The maximum Gasteiger partial charge on any atom is 0.264 e. The van der Waals surface area contributed by atoms with Gasteiger partial charge in [-0.15, -0.1) is 0 Å². The van der Waals surface area contributed by atoms with Gasteiger partial charge in [0.1, 0.15) is 18.3 Å². The van der Waals surface area contributed by atoms with E-state index in [0.717, 1.165) is 17.4 Å². The Morgan fingerprint density at radius 3 is 1.97 bits per heavy atom. The zero-order valence-electron chi connectivity index (χ0n) is 17.6. The average Bonchev–Trinajstić information content (AvgIpc) is 3.11. The van der Waals surface area contributed by atoms with Crippen LogP contribution >= 0.6 is 0 Å². The predicted molar refractivity (Wildman–Crippen MR) is 116 cm³/mol. The first-order valence-electron chi connectivity index (χ1n) is 9.96. The molecule has 4 atom stereocenters. The molecule has 0 saturated carbocycles. The van der Waals surface area contributed by atoms with Crippen LogP contribution in [-0.2, 0) is 46.5 Å². The van der Waals surface area contributed by atoms with Gasteiger partial charge in [0, 0.05) is 7.11 Å². The summed E-state index contributed by atoms with van der Waals surface area (Å²) in [6.45, 7) is 0.672. The number of hydrogen-bond acceptors (Lipinski definition) is 7. The molecular weight excluding hydrogens is 420 g/mol. The van der Waals surface area contributed by atoms with E-state index in [-0.39, 0.29) is 6.61 Å². The molecule has 0 aromatic heterocycles. The van der Waals surface area contributed by atoms with Crippen LogP contribution in [0.2, 0.25) is 0 Å². The molecule has 3 rings (SSSR count). The number of hydrogen-bond donors (Lipinski definition) is 0. The summed E-state index contributed by atoms with van der Waals surface area (Å²) < 4.78 is 50.9. The van der Waals surface area contributed by atoms with E-state index in [2.05, 4.69) is 0 Å². The number of methoxy groups -OCH3 is 1. The van der Waals surface area contributed by atoms with Crippen molar-refractivity contribution >= 4 is 10.1 Å². The third-order valence-corrected chi connectivity index (χ3v) is 5.28. The highest BCUT2D eigenvalue weighted by Crippen LogP contribution is 2.29. The molecule has 1 fully saturated rings. The van der Waals surface area contributed by atoms with Crippen molar-refractivity contribution < 1.29 is 31.5 Å². The highest BCUT2D eigenvalue weighted by atomic mass is 32.2. The Labute approximate surface area is 183 Å². The SMILES string of the molecule is CO[C@@H]1O[C@H](/C=C/COS(C)(=O)=O)[C@@H](OCc2ccccc2)[C@H]1OCc1ccccc1. The molecule has 0 N–H and O–H groups in total. The summed E-state index contributed by atoms with van der Waals surface area (Å²) in [7, 11) is -1.97. The molecule has 1 heterocycles. The van der Waals surface area contributed by atoms with Crippen molar-refractivity contribution in [3.05, 3.63) is 83.9 Å². The third-order valence-electron chi connectivity index (χ3n) is 4.71. The first-order chi connectivity index (χ1) is 15.0. The molecule has 1 aliphatic heterocycles. The summed E-state index contributed by atoms with van der Waals surface area (Å²) in [5.41, 5.74) is 2.05. The fourth-order valence-corrected chi connectivity index (χ4v) is 3.57. The van der Waals surface area contributed by atoms with Crippen LogP contribution in [0.15, 0.2) is 72.8 Å². The summed E-state index contributed by atoms with van der Waals surface area (Å²) in [5, 5.41) is 0. The van der Waals surface area contributed by atoms with Gasteiger partial charge in [0.25, 0.3) is 10.1 Å². The fraction of sp³-hybridized carbons (Fsp3) is 0.391. The van der Waals surface area contributed by atoms with Gasteiger partial charge in [-0.05, 0) is 11.1 Å². The van der Waals surface area contributed by atoms with Crippen molar-refractivity contribution in [3.8, 4) is 0 Å². The summed E-state index contributed by atoms with van der Waals surface area (Å²) in [4.78, 5) is 0. The minimum atomic E-state index is -3.52. The van der Waals surface area contributed by atoms with E-state index >= 15 is 0 Å². The topological polar surface area (TPSA) is 80.3 Å². The lowest BCUT2D eigenvalue weighted by Crippen LogP contribution is -2.37. The van der Waals surface area contributed by atoms with E-state index < -0.39 is 34.7 Å². The number of benzene rings is 2. The monoisotopic (exact) mass is 448 g/mol.